The molecule has 0 unspecified atom stereocenters. The van der Waals surface area contributed by atoms with Crippen LogP contribution in [0.4, 0.5) is 0 Å². The van der Waals surface area contributed by atoms with Gasteiger partial charge in [-0.3, -0.25) is 14.5 Å². The van der Waals surface area contributed by atoms with Crippen LogP contribution in [-0.2, 0) is 9.59 Å². The van der Waals surface area contributed by atoms with Crippen molar-refractivity contribution in [1.29, 1.82) is 0 Å². The molecular formula is C19H26ClN7O2S. The number of piperazine rings is 1. The van der Waals surface area contributed by atoms with E-state index in [0.29, 0.717) is 42.9 Å². The average Bonchev–Trinajstić information content (AvgIpc) is 3.14. The number of aromatic nitrogens is 4. The second kappa shape index (κ2) is 9.76. The van der Waals surface area contributed by atoms with Gasteiger partial charge in [0.2, 0.25) is 17.0 Å². The van der Waals surface area contributed by atoms with Crippen molar-refractivity contribution >= 4 is 35.2 Å². The van der Waals surface area contributed by atoms with Crippen LogP contribution in [0.5, 0.6) is 0 Å². The van der Waals surface area contributed by atoms with Crippen LogP contribution in [0.15, 0.2) is 29.4 Å². The lowest BCUT2D eigenvalue weighted by Gasteiger charge is -2.34. The molecule has 0 radical (unpaired) electrons. The van der Waals surface area contributed by atoms with Gasteiger partial charge in [-0.1, -0.05) is 29.4 Å². The Labute approximate surface area is 185 Å². The van der Waals surface area contributed by atoms with Crippen LogP contribution in [0.2, 0.25) is 5.02 Å². The summed E-state index contributed by atoms with van der Waals surface area (Å²) in [7, 11) is 0. The fraction of sp³-hybridized carbons (Fsp3) is 0.526. The van der Waals surface area contributed by atoms with Crippen LogP contribution in [0.3, 0.4) is 0 Å². The molecule has 0 atom stereocenters. The third-order valence-electron chi connectivity index (χ3n) is 4.43. The number of rotatable bonds is 6. The van der Waals surface area contributed by atoms with Gasteiger partial charge in [0, 0.05) is 36.7 Å². The summed E-state index contributed by atoms with van der Waals surface area (Å²) >= 11 is 7.33. The van der Waals surface area contributed by atoms with E-state index < -0.39 is 0 Å². The maximum absolute atomic E-state index is 12.6. The van der Waals surface area contributed by atoms with Crippen LogP contribution in [0, 0.1) is 0 Å². The van der Waals surface area contributed by atoms with E-state index in [-0.39, 0.29) is 23.1 Å². The fourth-order valence-electron chi connectivity index (χ4n) is 3.07. The van der Waals surface area contributed by atoms with Gasteiger partial charge >= 0.3 is 0 Å². The average molecular weight is 452 g/mol. The Morgan fingerprint density at radius 3 is 2.60 bits per heavy atom. The Morgan fingerprint density at radius 2 is 1.93 bits per heavy atom. The van der Waals surface area contributed by atoms with Gasteiger partial charge in [0.15, 0.2) is 0 Å². The lowest BCUT2D eigenvalue weighted by atomic mass is 10.1. The summed E-state index contributed by atoms with van der Waals surface area (Å²) < 4.78 is 1.57. The van der Waals surface area contributed by atoms with Crippen molar-refractivity contribution in [3.63, 3.8) is 0 Å². The zero-order valence-electron chi connectivity index (χ0n) is 17.3. The molecule has 0 aliphatic carbocycles. The molecule has 9 nitrogen and oxygen atoms in total. The lowest BCUT2D eigenvalue weighted by Crippen LogP contribution is -2.53. The third kappa shape index (κ3) is 6.41. The Bertz CT molecular complexity index is 891. The van der Waals surface area contributed by atoms with Gasteiger partial charge in [-0.2, -0.15) is 4.68 Å². The van der Waals surface area contributed by atoms with Gasteiger partial charge in [-0.25, -0.2) is 0 Å². The number of nitrogens with one attached hydrogen (secondary N) is 1. The minimum absolute atomic E-state index is 0.00526. The van der Waals surface area contributed by atoms with Crippen molar-refractivity contribution in [2.75, 3.05) is 38.5 Å². The van der Waals surface area contributed by atoms with E-state index in [0.717, 1.165) is 5.69 Å². The van der Waals surface area contributed by atoms with Crippen molar-refractivity contribution in [3.05, 3.63) is 29.3 Å². The topological polar surface area (TPSA) is 96.2 Å². The van der Waals surface area contributed by atoms with Crippen LogP contribution in [-0.4, -0.2) is 85.8 Å². The van der Waals surface area contributed by atoms with Crippen LogP contribution < -0.4 is 5.32 Å². The predicted octanol–water partition coefficient (Wildman–Crippen LogP) is 1.47. The molecule has 2 amide bonds. The van der Waals surface area contributed by atoms with E-state index in [4.69, 9.17) is 11.6 Å². The lowest BCUT2D eigenvalue weighted by molar-refractivity contribution is -0.130. The molecule has 0 bridgehead atoms. The summed E-state index contributed by atoms with van der Waals surface area (Å²) in [5, 5.41) is 15.8. The first-order valence-corrected chi connectivity index (χ1v) is 11.1. The zero-order valence-corrected chi connectivity index (χ0v) is 18.9. The number of hydrogen-bond donors (Lipinski definition) is 1. The second-order valence-electron chi connectivity index (χ2n) is 8.10. The van der Waals surface area contributed by atoms with E-state index in [1.807, 2.05) is 37.8 Å². The highest BCUT2D eigenvalue weighted by Crippen LogP contribution is 2.21. The van der Waals surface area contributed by atoms with Gasteiger partial charge < -0.3 is 10.2 Å². The molecule has 1 aliphatic heterocycles. The Morgan fingerprint density at radius 1 is 1.20 bits per heavy atom. The summed E-state index contributed by atoms with van der Waals surface area (Å²) in [5.74, 6) is 0.274. The molecule has 1 aromatic heterocycles. The summed E-state index contributed by atoms with van der Waals surface area (Å²) in [6.45, 7) is 8.78. The number of benzene rings is 1. The van der Waals surface area contributed by atoms with Crippen LogP contribution >= 0.6 is 23.4 Å². The molecule has 2 heterocycles. The molecule has 1 aromatic carbocycles. The van der Waals surface area contributed by atoms with Crippen molar-refractivity contribution in [1.82, 2.24) is 35.3 Å². The molecule has 3 rings (SSSR count). The van der Waals surface area contributed by atoms with E-state index in [1.54, 1.807) is 16.8 Å². The number of thioether (sulfide) groups is 1. The maximum atomic E-state index is 12.6. The first-order valence-electron chi connectivity index (χ1n) is 9.69. The monoisotopic (exact) mass is 451 g/mol. The van der Waals surface area contributed by atoms with Gasteiger partial charge in [0.1, 0.15) is 0 Å². The molecule has 1 saturated heterocycles. The highest BCUT2D eigenvalue weighted by atomic mass is 35.5. The largest absolute Gasteiger partial charge is 0.350 e. The second-order valence-corrected chi connectivity index (χ2v) is 9.48. The molecule has 2 aromatic rings. The molecule has 1 N–H and O–H groups in total. The summed E-state index contributed by atoms with van der Waals surface area (Å²) in [5.41, 5.74) is 0.497. The Hall–Kier alpha value is -2.17. The molecule has 1 aliphatic rings. The summed E-state index contributed by atoms with van der Waals surface area (Å²) in [4.78, 5) is 28.6. The van der Waals surface area contributed by atoms with Crippen molar-refractivity contribution in [2.24, 2.45) is 0 Å². The van der Waals surface area contributed by atoms with Gasteiger partial charge in [-0.15, -0.1) is 5.10 Å². The SMILES string of the molecule is CC(C)(C)NC(=O)CN1CCN(C(=O)CSc2nnnn2-c2cccc(Cl)c2)CC1. The van der Waals surface area contributed by atoms with Crippen LogP contribution in [0.25, 0.3) is 5.69 Å². The number of carbonyl (C=O) groups is 2. The minimum Gasteiger partial charge on any atom is -0.350 e. The first-order chi connectivity index (χ1) is 14.2. The first kappa shape index (κ1) is 22.5. The fourth-order valence-corrected chi connectivity index (χ4v) is 4.05. The number of tetrazole rings is 1. The number of carbonyl (C=O) groups excluding carboxylic acids is 2. The van der Waals surface area contributed by atoms with Gasteiger partial charge in [0.05, 0.1) is 18.0 Å². The number of halogens is 1. The predicted molar refractivity (Wildman–Crippen MR) is 116 cm³/mol. The summed E-state index contributed by atoms with van der Waals surface area (Å²) in [6, 6.07) is 7.21. The molecule has 0 spiro atoms. The number of amides is 2. The molecule has 1 fully saturated rings. The van der Waals surface area contributed by atoms with E-state index in [1.165, 1.54) is 11.8 Å². The van der Waals surface area contributed by atoms with Gasteiger partial charge in [-0.05, 0) is 49.4 Å². The zero-order chi connectivity index (χ0) is 21.7. The smallest absolute Gasteiger partial charge is 0.234 e. The van der Waals surface area contributed by atoms with E-state index in [2.05, 4.69) is 25.7 Å². The quantitative estimate of drug-likeness (QED) is 0.664. The van der Waals surface area contributed by atoms with Crippen molar-refractivity contribution < 1.29 is 9.59 Å². The van der Waals surface area contributed by atoms with E-state index in [9.17, 15) is 9.59 Å². The van der Waals surface area contributed by atoms with Crippen LogP contribution in [0.1, 0.15) is 20.8 Å². The highest BCUT2D eigenvalue weighted by molar-refractivity contribution is 7.99. The molecule has 11 heteroatoms. The molecule has 30 heavy (non-hydrogen) atoms. The number of nitrogens with zero attached hydrogens (tertiary/aromatic N) is 6. The van der Waals surface area contributed by atoms with Crippen molar-refractivity contribution in [2.45, 2.75) is 31.5 Å². The normalized spacial score (nSPS) is 15.3. The van der Waals surface area contributed by atoms with Gasteiger partial charge in [0.25, 0.3) is 0 Å². The number of hydrogen-bond acceptors (Lipinski definition) is 7. The Kier molecular flexibility index (Phi) is 7.32. The van der Waals surface area contributed by atoms with E-state index >= 15 is 0 Å². The third-order valence-corrected chi connectivity index (χ3v) is 5.56. The molecular weight excluding hydrogens is 426 g/mol. The standard InChI is InChI=1S/C19H26ClN7O2S/c1-19(2,3)21-16(28)12-25-7-9-26(10-8-25)17(29)13-30-18-22-23-24-27(18)15-6-4-5-14(20)11-15/h4-6,11H,7-10,12-13H2,1-3H3,(H,21,28). The molecule has 162 valence electrons. The minimum atomic E-state index is -0.243. The van der Waals surface area contributed by atoms with Crippen molar-refractivity contribution in [3.8, 4) is 5.69 Å². The summed E-state index contributed by atoms with van der Waals surface area (Å²) in [6.07, 6.45) is 0. The maximum Gasteiger partial charge on any atom is 0.234 e. The Balaban J connectivity index is 1.47. The molecule has 0 saturated carbocycles. The highest BCUT2D eigenvalue weighted by Gasteiger charge is 2.24.